The van der Waals surface area contributed by atoms with E-state index in [1.165, 1.54) is 17.7 Å². The number of nitrogens with one attached hydrogen (secondary N) is 2. The van der Waals surface area contributed by atoms with Gasteiger partial charge in [-0.25, -0.2) is 4.98 Å². The fraction of sp³-hybridized carbons (Fsp3) is 0.417. The minimum Gasteiger partial charge on any atom is -0.340 e. The van der Waals surface area contributed by atoms with Crippen LogP contribution in [0.25, 0.3) is 10.6 Å². The Balaban J connectivity index is 1.61. The molecule has 0 radical (unpaired) electrons. The number of imidazole rings is 1. The van der Waals surface area contributed by atoms with Gasteiger partial charge in [0, 0.05) is 0 Å². The van der Waals surface area contributed by atoms with Crippen LogP contribution in [0.3, 0.4) is 0 Å². The lowest BCUT2D eigenvalue weighted by Gasteiger charge is -1.99. The number of nitrogens with zero attached hydrogens (tertiary/aromatic N) is 1. The summed E-state index contributed by atoms with van der Waals surface area (Å²) < 4.78 is 1.15. The van der Waals surface area contributed by atoms with Gasteiger partial charge >= 0.3 is 0 Å². The van der Waals surface area contributed by atoms with E-state index in [1.807, 2.05) is 6.20 Å². The Kier molecular flexibility index (Phi) is 3.31. The molecule has 17 heavy (non-hydrogen) atoms. The standard InChI is InChI=1S/C12H14BrN3S/c13-11-4-3-10(17-11)9-6-15-12(16-9)7-14-5-8-1-2-8/h3-4,6,8,14H,1-2,5,7H2,(H,15,16). The highest BCUT2D eigenvalue weighted by Gasteiger charge is 2.20. The predicted molar refractivity (Wildman–Crippen MR) is 74.0 cm³/mol. The lowest BCUT2D eigenvalue weighted by atomic mass is 10.4. The lowest BCUT2D eigenvalue weighted by molar-refractivity contribution is 0.623. The zero-order valence-electron chi connectivity index (χ0n) is 9.37. The second kappa shape index (κ2) is 4.92. The van der Waals surface area contributed by atoms with Crippen molar-refractivity contribution in [1.82, 2.24) is 15.3 Å². The van der Waals surface area contributed by atoms with Crippen molar-refractivity contribution < 1.29 is 0 Å². The van der Waals surface area contributed by atoms with Gasteiger partial charge in [0.2, 0.25) is 0 Å². The van der Waals surface area contributed by atoms with Gasteiger partial charge in [0.15, 0.2) is 0 Å². The molecule has 0 amide bonds. The predicted octanol–water partition coefficient (Wildman–Crippen LogP) is 3.40. The molecule has 0 atom stereocenters. The number of halogens is 1. The van der Waals surface area contributed by atoms with Crippen LogP contribution in [0.1, 0.15) is 18.7 Å². The molecule has 0 aromatic carbocycles. The minimum atomic E-state index is 0.836. The first-order valence-corrected chi connectivity index (χ1v) is 7.42. The Bertz CT molecular complexity index is 501. The average molecular weight is 312 g/mol. The molecule has 0 spiro atoms. The first kappa shape index (κ1) is 11.4. The van der Waals surface area contributed by atoms with Gasteiger partial charge in [-0.2, -0.15) is 0 Å². The number of hydrogen-bond acceptors (Lipinski definition) is 3. The molecule has 1 aliphatic carbocycles. The SMILES string of the molecule is Brc1ccc(-c2cnc(CNCC3CC3)[nH]2)s1. The van der Waals surface area contributed by atoms with Gasteiger partial charge in [-0.3, -0.25) is 0 Å². The third kappa shape index (κ3) is 2.97. The van der Waals surface area contributed by atoms with Gasteiger partial charge in [-0.15, -0.1) is 11.3 Å². The van der Waals surface area contributed by atoms with E-state index in [1.54, 1.807) is 11.3 Å². The van der Waals surface area contributed by atoms with Crippen molar-refractivity contribution in [1.29, 1.82) is 0 Å². The quantitative estimate of drug-likeness (QED) is 0.888. The molecular formula is C12H14BrN3S. The van der Waals surface area contributed by atoms with E-state index in [9.17, 15) is 0 Å². The Morgan fingerprint density at radius 2 is 2.35 bits per heavy atom. The summed E-state index contributed by atoms with van der Waals surface area (Å²) in [5, 5.41) is 3.43. The normalized spacial score (nSPS) is 15.4. The summed E-state index contributed by atoms with van der Waals surface area (Å²) in [5.74, 6) is 1.93. The first-order valence-electron chi connectivity index (χ1n) is 5.81. The van der Waals surface area contributed by atoms with Crippen molar-refractivity contribution >= 4 is 27.3 Å². The summed E-state index contributed by atoms with van der Waals surface area (Å²) in [6.07, 6.45) is 4.69. The van der Waals surface area contributed by atoms with Gasteiger partial charge in [0.25, 0.3) is 0 Å². The van der Waals surface area contributed by atoms with Crippen LogP contribution in [0.4, 0.5) is 0 Å². The molecule has 2 heterocycles. The molecule has 3 nitrogen and oxygen atoms in total. The fourth-order valence-corrected chi connectivity index (χ4v) is 3.10. The van der Waals surface area contributed by atoms with Gasteiger partial charge in [0.1, 0.15) is 5.82 Å². The number of thiophene rings is 1. The van der Waals surface area contributed by atoms with E-state index in [0.717, 1.165) is 34.3 Å². The molecule has 5 heteroatoms. The van der Waals surface area contributed by atoms with E-state index < -0.39 is 0 Å². The average Bonchev–Trinajstić information content (AvgIpc) is 2.85. The van der Waals surface area contributed by atoms with Crippen LogP contribution in [0.5, 0.6) is 0 Å². The van der Waals surface area contributed by atoms with Crippen molar-refractivity contribution in [3.63, 3.8) is 0 Å². The van der Waals surface area contributed by atoms with E-state index in [2.05, 4.69) is 43.3 Å². The highest BCUT2D eigenvalue weighted by Crippen LogP contribution is 2.30. The van der Waals surface area contributed by atoms with Crippen LogP contribution < -0.4 is 5.32 Å². The summed E-state index contributed by atoms with van der Waals surface area (Å²) in [4.78, 5) is 8.97. The van der Waals surface area contributed by atoms with Crippen LogP contribution in [-0.2, 0) is 6.54 Å². The third-order valence-corrected chi connectivity index (χ3v) is 4.55. The van der Waals surface area contributed by atoms with Crippen molar-refractivity contribution in [2.45, 2.75) is 19.4 Å². The van der Waals surface area contributed by atoms with Gasteiger partial charge in [-0.1, -0.05) is 0 Å². The molecule has 3 rings (SSSR count). The largest absolute Gasteiger partial charge is 0.340 e. The molecule has 0 saturated heterocycles. The molecular weight excluding hydrogens is 298 g/mol. The van der Waals surface area contributed by atoms with E-state index in [4.69, 9.17) is 0 Å². The van der Waals surface area contributed by atoms with E-state index in [-0.39, 0.29) is 0 Å². The third-order valence-electron chi connectivity index (χ3n) is 2.89. The van der Waals surface area contributed by atoms with Crippen LogP contribution >= 0.6 is 27.3 Å². The maximum Gasteiger partial charge on any atom is 0.120 e. The zero-order chi connectivity index (χ0) is 11.7. The Hall–Kier alpha value is -0.650. The lowest BCUT2D eigenvalue weighted by Crippen LogP contribution is -2.16. The zero-order valence-corrected chi connectivity index (χ0v) is 11.8. The van der Waals surface area contributed by atoms with Gasteiger partial charge < -0.3 is 10.3 Å². The fourth-order valence-electron chi connectivity index (χ4n) is 1.75. The van der Waals surface area contributed by atoms with Crippen molar-refractivity contribution in [3.05, 3.63) is 27.9 Å². The topological polar surface area (TPSA) is 40.7 Å². The number of hydrogen-bond donors (Lipinski definition) is 2. The van der Waals surface area contributed by atoms with Crippen molar-refractivity contribution in [3.8, 4) is 10.6 Å². The maximum atomic E-state index is 4.39. The van der Waals surface area contributed by atoms with E-state index >= 15 is 0 Å². The number of H-pyrrole nitrogens is 1. The summed E-state index contributed by atoms with van der Waals surface area (Å²) in [6, 6.07) is 4.16. The molecule has 2 aromatic rings. The summed E-state index contributed by atoms with van der Waals surface area (Å²) in [7, 11) is 0. The molecule has 0 bridgehead atoms. The van der Waals surface area contributed by atoms with Crippen LogP contribution in [0.2, 0.25) is 0 Å². The van der Waals surface area contributed by atoms with Gasteiger partial charge in [-0.05, 0) is 53.4 Å². The van der Waals surface area contributed by atoms with Gasteiger partial charge in [0.05, 0.1) is 27.1 Å². The first-order chi connectivity index (χ1) is 8.31. The highest BCUT2D eigenvalue weighted by molar-refractivity contribution is 9.11. The van der Waals surface area contributed by atoms with Crippen LogP contribution in [0, 0.1) is 5.92 Å². The molecule has 90 valence electrons. The Morgan fingerprint density at radius 3 is 3.06 bits per heavy atom. The Labute approximate surface area is 113 Å². The second-order valence-electron chi connectivity index (χ2n) is 4.42. The molecule has 0 unspecified atom stereocenters. The molecule has 0 aliphatic heterocycles. The highest BCUT2D eigenvalue weighted by atomic mass is 79.9. The molecule has 1 saturated carbocycles. The van der Waals surface area contributed by atoms with Crippen LogP contribution in [-0.4, -0.2) is 16.5 Å². The number of aromatic nitrogens is 2. The molecule has 2 aromatic heterocycles. The number of aromatic amines is 1. The molecule has 1 aliphatic rings. The summed E-state index contributed by atoms with van der Waals surface area (Å²) in [5.41, 5.74) is 1.10. The monoisotopic (exact) mass is 311 g/mol. The smallest absolute Gasteiger partial charge is 0.120 e. The maximum absolute atomic E-state index is 4.39. The summed E-state index contributed by atoms with van der Waals surface area (Å²) >= 11 is 5.19. The minimum absolute atomic E-state index is 0.836. The molecule has 1 fully saturated rings. The van der Waals surface area contributed by atoms with Crippen LogP contribution in [0.15, 0.2) is 22.1 Å². The second-order valence-corrected chi connectivity index (χ2v) is 6.88. The van der Waals surface area contributed by atoms with E-state index in [0.29, 0.717) is 0 Å². The molecule has 2 N–H and O–H groups in total. The summed E-state index contributed by atoms with van der Waals surface area (Å²) in [6.45, 7) is 1.96. The Morgan fingerprint density at radius 1 is 1.47 bits per heavy atom. The number of rotatable bonds is 5. The van der Waals surface area contributed by atoms with Crippen molar-refractivity contribution in [2.24, 2.45) is 5.92 Å². The van der Waals surface area contributed by atoms with Crippen molar-refractivity contribution in [2.75, 3.05) is 6.54 Å².